The molecule has 1 saturated heterocycles. The fraction of sp³-hybridized carbons (Fsp3) is 0.385. The lowest BCUT2D eigenvalue weighted by Gasteiger charge is -2.39. The first-order valence-electron chi connectivity index (χ1n) is 11.2. The molecule has 2 amide bonds. The highest BCUT2D eigenvalue weighted by Gasteiger charge is 2.34. The molecular weight excluding hydrogens is 461 g/mol. The van der Waals surface area contributed by atoms with E-state index in [2.05, 4.69) is 0 Å². The first-order chi connectivity index (χ1) is 16.4. The van der Waals surface area contributed by atoms with E-state index in [1.807, 2.05) is 30.3 Å². The summed E-state index contributed by atoms with van der Waals surface area (Å²) in [5.41, 5.74) is -0.0430. The van der Waals surface area contributed by atoms with Gasteiger partial charge in [-0.15, -0.1) is 0 Å². The molecule has 0 aromatic heterocycles. The van der Waals surface area contributed by atoms with Crippen LogP contribution < -0.4 is 0 Å². The van der Waals surface area contributed by atoms with Crippen LogP contribution in [0.15, 0.2) is 60.7 Å². The largest absolute Gasteiger partial charge is 0.445 e. The Morgan fingerprint density at radius 1 is 0.971 bits per heavy atom. The number of hydrogen-bond donors (Lipinski definition) is 0. The van der Waals surface area contributed by atoms with Crippen molar-refractivity contribution in [2.24, 2.45) is 0 Å². The molecule has 1 aliphatic heterocycles. The zero-order valence-corrected chi connectivity index (χ0v) is 19.9. The van der Waals surface area contributed by atoms with Crippen molar-refractivity contribution in [1.82, 2.24) is 9.80 Å². The summed E-state index contributed by atoms with van der Waals surface area (Å²) in [5, 5.41) is 0. The maximum absolute atomic E-state index is 12.9. The van der Waals surface area contributed by atoms with Crippen molar-refractivity contribution in [2.45, 2.75) is 45.2 Å². The van der Waals surface area contributed by atoms with E-state index in [0.717, 1.165) is 17.7 Å². The topological polar surface area (TPSA) is 59.1 Å². The van der Waals surface area contributed by atoms with Crippen LogP contribution in [0.2, 0.25) is 0 Å². The minimum absolute atomic E-state index is 0.0985. The number of halogens is 3. The molecule has 3 rings (SSSR count). The van der Waals surface area contributed by atoms with Crippen molar-refractivity contribution >= 4 is 18.3 Å². The third-order valence-electron chi connectivity index (χ3n) is 5.26. The lowest BCUT2D eigenvalue weighted by Crippen LogP contribution is -2.56. The Kier molecular flexibility index (Phi) is 8.09. The van der Waals surface area contributed by atoms with Crippen LogP contribution in [0.4, 0.5) is 22.8 Å². The van der Waals surface area contributed by atoms with Crippen LogP contribution in [-0.4, -0.2) is 53.3 Å². The summed E-state index contributed by atoms with van der Waals surface area (Å²) >= 11 is 0. The second-order valence-corrected chi connectivity index (χ2v) is 9.21. The fourth-order valence-electron chi connectivity index (χ4n) is 3.50. The molecule has 1 heterocycles. The molecule has 1 fully saturated rings. The third-order valence-corrected chi connectivity index (χ3v) is 5.26. The Hall–Kier alpha value is -3.49. The molecule has 1 atom stereocenters. The summed E-state index contributed by atoms with van der Waals surface area (Å²) in [7, 11) is 0. The summed E-state index contributed by atoms with van der Waals surface area (Å²) in [4.78, 5) is 28.5. The second-order valence-electron chi connectivity index (χ2n) is 9.21. The Morgan fingerprint density at radius 3 is 2.23 bits per heavy atom. The highest BCUT2D eigenvalue weighted by atomic mass is 19.4. The van der Waals surface area contributed by atoms with Gasteiger partial charge in [0.25, 0.3) is 0 Å². The van der Waals surface area contributed by atoms with E-state index in [-0.39, 0.29) is 26.2 Å². The average molecular weight is 491 g/mol. The van der Waals surface area contributed by atoms with Gasteiger partial charge in [-0.3, -0.25) is 4.90 Å². The van der Waals surface area contributed by atoms with E-state index in [1.54, 1.807) is 32.9 Å². The SMILES string of the molecule is CC(C)(C)OC(=O)N1CCN(C(=O)OCc2ccccc2)C(C=Cc2ccc(C(F)(F)F)cc2)C1. The van der Waals surface area contributed by atoms with Gasteiger partial charge in [0.05, 0.1) is 11.6 Å². The predicted molar refractivity (Wildman–Crippen MR) is 125 cm³/mol. The van der Waals surface area contributed by atoms with Crippen molar-refractivity contribution in [1.29, 1.82) is 0 Å². The van der Waals surface area contributed by atoms with Gasteiger partial charge in [0.15, 0.2) is 0 Å². The Morgan fingerprint density at radius 2 is 1.63 bits per heavy atom. The summed E-state index contributed by atoms with van der Waals surface area (Å²) in [6.07, 6.45) is -2.15. The Bertz CT molecular complexity index is 1030. The maximum Gasteiger partial charge on any atom is 0.416 e. The van der Waals surface area contributed by atoms with E-state index in [1.165, 1.54) is 21.9 Å². The van der Waals surface area contributed by atoms with Crippen LogP contribution >= 0.6 is 0 Å². The number of amides is 2. The number of carbonyl (C=O) groups excluding carboxylic acids is 2. The predicted octanol–water partition coefficient (Wildman–Crippen LogP) is 5.98. The molecule has 0 bridgehead atoms. The van der Waals surface area contributed by atoms with E-state index in [0.29, 0.717) is 5.56 Å². The first-order valence-corrected chi connectivity index (χ1v) is 11.2. The molecule has 2 aromatic carbocycles. The smallest absolute Gasteiger partial charge is 0.416 e. The van der Waals surface area contributed by atoms with Gasteiger partial charge in [-0.1, -0.05) is 54.6 Å². The molecule has 6 nitrogen and oxygen atoms in total. The van der Waals surface area contributed by atoms with Crippen molar-refractivity contribution < 1.29 is 32.2 Å². The van der Waals surface area contributed by atoms with Crippen LogP contribution in [0.25, 0.3) is 6.08 Å². The monoisotopic (exact) mass is 490 g/mol. The van der Waals surface area contributed by atoms with E-state index < -0.39 is 35.6 Å². The lowest BCUT2D eigenvalue weighted by atomic mass is 10.1. The van der Waals surface area contributed by atoms with Crippen molar-refractivity contribution in [3.8, 4) is 0 Å². The minimum Gasteiger partial charge on any atom is -0.445 e. The lowest BCUT2D eigenvalue weighted by molar-refractivity contribution is -0.137. The van der Waals surface area contributed by atoms with E-state index >= 15 is 0 Å². The van der Waals surface area contributed by atoms with Gasteiger partial charge in [-0.2, -0.15) is 13.2 Å². The third kappa shape index (κ3) is 7.77. The maximum atomic E-state index is 12.9. The van der Waals surface area contributed by atoms with E-state index in [4.69, 9.17) is 9.47 Å². The number of piperazine rings is 1. The summed E-state index contributed by atoms with van der Waals surface area (Å²) < 4.78 is 49.5. The molecule has 0 saturated carbocycles. The number of alkyl halides is 3. The standard InChI is InChI=1S/C26H29F3N2O4/c1-25(2,3)35-23(32)30-15-16-31(24(33)34-18-20-7-5-4-6-8-20)22(17-30)14-11-19-9-12-21(13-10-19)26(27,28)29/h4-14,22H,15-18H2,1-3H3. The molecule has 0 aliphatic carbocycles. The zero-order chi connectivity index (χ0) is 25.6. The number of hydrogen-bond acceptors (Lipinski definition) is 4. The molecule has 2 aromatic rings. The van der Waals surface area contributed by atoms with Crippen LogP contribution in [0.3, 0.4) is 0 Å². The quantitative estimate of drug-likeness (QED) is 0.529. The number of carbonyl (C=O) groups is 2. The average Bonchev–Trinajstić information content (AvgIpc) is 2.80. The normalized spacial score (nSPS) is 16.9. The molecule has 9 heteroatoms. The summed E-state index contributed by atoms with van der Waals surface area (Å²) in [6, 6.07) is 13.4. The van der Waals surface area contributed by atoms with Crippen molar-refractivity contribution in [2.75, 3.05) is 19.6 Å². The van der Waals surface area contributed by atoms with Gasteiger partial charge in [0.1, 0.15) is 12.2 Å². The molecule has 1 unspecified atom stereocenters. The number of ether oxygens (including phenoxy) is 2. The van der Waals surface area contributed by atoms with Crippen LogP contribution in [0, 0.1) is 0 Å². The van der Waals surface area contributed by atoms with Gasteiger partial charge in [-0.05, 0) is 44.0 Å². The Labute approximate surface area is 202 Å². The van der Waals surface area contributed by atoms with Crippen LogP contribution in [0.1, 0.15) is 37.5 Å². The highest BCUT2D eigenvalue weighted by molar-refractivity contribution is 5.72. The van der Waals surface area contributed by atoms with Crippen LogP contribution in [0.5, 0.6) is 0 Å². The molecule has 1 aliphatic rings. The number of benzene rings is 2. The van der Waals surface area contributed by atoms with Gasteiger partial charge in [0.2, 0.25) is 0 Å². The van der Waals surface area contributed by atoms with Gasteiger partial charge in [0, 0.05) is 19.6 Å². The zero-order valence-electron chi connectivity index (χ0n) is 19.9. The Balaban J connectivity index is 1.75. The fourth-order valence-corrected chi connectivity index (χ4v) is 3.50. The summed E-state index contributed by atoms with van der Waals surface area (Å²) in [6.45, 7) is 6.04. The highest BCUT2D eigenvalue weighted by Crippen LogP contribution is 2.29. The summed E-state index contributed by atoms with van der Waals surface area (Å²) in [5.74, 6) is 0. The first kappa shape index (κ1) is 26.1. The molecule has 0 radical (unpaired) electrons. The molecule has 188 valence electrons. The molecule has 0 spiro atoms. The van der Waals surface area contributed by atoms with Gasteiger partial charge < -0.3 is 14.4 Å². The van der Waals surface area contributed by atoms with Gasteiger partial charge >= 0.3 is 18.4 Å². The second kappa shape index (κ2) is 10.8. The van der Waals surface area contributed by atoms with E-state index in [9.17, 15) is 22.8 Å². The van der Waals surface area contributed by atoms with Crippen molar-refractivity contribution in [3.63, 3.8) is 0 Å². The molecular formula is C26H29F3N2O4. The molecule has 35 heavy (non-hydrogen) atoms. The number of rotatable bonds is 4. The van der Waals surface area contributed by atoms with Crippen LogP contribution in [-0.2, 0) is 22.3 Å². The van der Waals surface area contributed by atoms with Crippen molar-refractivity contribution in [3.05, 3.63) is 77.4 Å². The molecule has 0 N–H and O–H groups in total. The minimum atomic E-state index is -4.42. The number of nitrogens with zero attached hydrogens (tertiary/aromatic N) is 2. The van der Waals surface area contributed by atoms with Gasteiger partial charge in [-0.25, -0.2) is 9.59 Å².